The second kappa shape index (κ2) is 5.73. The fourth-order valence-corrected chi connectivity index (χ4v) is 3.14. The van der Waals surface area contributed by atoms with Crippen molar-refractivity contribution in [1.29, 1.82) is 0 Å². The number of hydrogen-bond acceptors (Lipinski definition) is 2. The number of aliphatic hydroxyl groups is 1. The van der Waals surface area contributed by atoms with Crippen LogP contribution in [-0.2, 0) is 5.60 Å². The third-order valence-electron chi connectivity index (χ3n) is 4.10. The maximum atomic E-state index is 11.1. The van der Waals surface area contributed by atoms with Crippen molar-refractivity contribution in [2.24, 2.45) is 5.92 Å². The quantitative estimate of drug-likeness (QED) is 0.843. The normalized spacial score (nSPS) is 27.2. The largest absolute Gasteiger partial charge is 0.385 e. The Hall–Kier alpha value is -1.37. The maximum absolute atomic E-state index is 11.1. The number of nitrogens with zero attached hydrogens (tertiary/aromatic N) is 2. The molecule has 0 bridgehead atoms. The van der Waals surface area contributed by atoms with E-state index in [0.717, 1.165) is 31.4 Å². The van der Waals surface area contributed by atoms with E-state index < -0.39 is 5.60 Å². The molecule has 1 aliphatic rings. The van der Waals surface area contributed by atoms with Gasteiger partial charge in [0.15, 0.2) is 5.69 Å². The van der Waals surface area contributed by atoms with Crippen LogP contribution < -0.4 is 0 Å². The Morgan fingerprint density at radius 1 is 1.42 bits per heavy atom. The Balaban J connectivity index is 2.33. The average molecular weight is 258 g/mol. The summed E-state index contributed by atoms with van der Waals surface area (Å²) in [6.07, 6.45) is 4.09. The molecule has 1 aromatic carbocycles. The highest BCUT2D eigenvalue weighted by Gasteiger charge is 2.40. The third kappa shape index (κ3) is 2.97. The van der Waals surface area contributed by atoms with E-state index in [2.05, 4.69) is 9.74 Å². The molecule has 0 aromatic heterocycles. The first-order chi connectivity index (χ1) is 9.06. The summed E-state index contributed by atoms with van der Waals surface area (Å²) in [6.45, 7) is 8.00. The van der Waals surface area contributed by atoms with E-state index >= 15 is 0 Å². The van der Waals surface area contributed by atoms with Crippen LogP contribution in [0.25, 0.3) is 4.85 Å². The van der Waals surface area contributed by atoms with Crippen molar-refractivity contribution in [3.63, 3.8) is 0 Å². The van der Waals surface area contributed by atoms with Gasteiger partial charge < -0.3 is 10.0 Å². The van der Waals surface area contributed by atoms with Gasteiger partial charge >= 0.3 is 0 Å². The van der Waals surface area contributed by atoms with Crippen LogP contribution >= 0.6 is 0 Å². The van der Waals surface area contributed by atoms with Gasteiger partial charge in [-0.25, -0.2) is 4.85 Å². The molecular formula is C16H22N2O. The van der Waals surface area contributed by atoms with Gasteiger partial charge in [-0.15, -0.1) is 0 Å². The first-order valence-electron chi connectivity index (χ1n) is 6.91. The van der Waals surface area contributed by atoms with Crippen LogP contribution in [0.2, 0.25) is 0 Å². The lowest BCUT2D eigenvalue weighted by molar-refractivity contribution is -0.0618. The molecular weight excluding hydrogens is 236 g/mol. The lowest BCUT2D eigenvalue weighted by atomic mass is 9.71. The lowest BCUT2D eigenvalue weighted by Crippen LogP contribution is -2.43. The number of benzene rings is 1. The van der Waals surface area contributed by atoms with Crippen molar-refractivity contribution >= 4 is 5.69 Å². The van der Waals surface area contributed by atoms with Crippen LogP contribution in [0, 0.1) is 12.5 Å². The van der Waals surface area contributed by atoms with Crippen molar-refractivity contribution in [2.75, 3.05) is 20.6 Å². The number of rotatable bonds is 3. The maximum Gasteiger partial charge on any atom is 0.187 e. The molecule has 0 aliphatic heterocycles. The zero-order valence-corrected chi connectivity index (χ0v) is 11.8. The zero-order valence-electron chi connectivity index (χ0n) is 11.8. The van der Waals surface area contributed by atoms with Crippen LogP contribution in [0.1, 0.15) is 31.2 Å². The molecule has 0 amide bonds. The topological polar surface area (TPSA) is 27.8 Å². The van der Waals surface area contributed by atoms with Gasteiger partial charge in [0.25, 0.3) is 0 Å². The minimum absolute atomic E-state index is 0.247. The molecule has 2 unspecified atom stereocenters. The van der Waals surface area contributed by atoms with E-state index in [4.69, 9.17) is 6.57 Å². The highest BCUT2D eigenvalue weighted by atomic mass is 16.3. The highest BCUT2D eigenvalue weighted by Crippen LogP contribution is 2.42. The number of hydrogen-bond donors (Lipinski definition) is 1. The van der Waals surface area contributed by atoms with Gasteiger partial charge in [-0.2, -0.15) is 0 Å². The van der Waals surface area contributed by atoms with Crippen molar-refractivity contribution < 1.29 is 5.11 Å². The van der Waals surface area contributed by atoms with Crippen LogP contribution in [-0.4, -0.2) is 30.6 Å². The van der Waals surface area contributed by atoms with E-state index in [0.29, 0.717) is 5.69 Å². The molecule has 1 aliphatic carbocycles. The summed E-state index contributed by atoms with van der Waals surface area (Å²) in [5.74, 6) is 0.247. The molecule has 2 rings (SSSR count). The van der Waals surface area contributed by atoms with Crippen molar-refractivity contribution in [3.8, 4) is 0 Å². The average Bonchev–Trinajstić information content (AvgIpc) is 2.41. The van der Waals surface area contributed by atoms with Crippen molar-refractivity contribution in [2.45, 2.75) is 31.3 Å². The smallest absolute Gasteiger partial charge is 0.187 e. The van der Waals surface area contributed by atoms with Gasteiger partial charge in [-0.1, -0.05) is 37.1 Å². The SMILES string of the molecule is [C-]#[N+]c1cccc(C2(O)CCCCC2CN(C)C)c1. The fraction of sp³-hybridized carbons (Fsp3) is 0.562. The molecule has 0 heterocycles. The van der Waals surface area contributed by atoms with Crippen molar-refractivity contribution in [3.05, 3.63) is 41.2 Å². The summed E-state index contributed by atoms with van der Waals surface area (Å²) in [5.41, 5.74) is 0.746. The fourth-order valence-electron chi connectivity index (χ4n) is 3.14. The minimum Gasteiger partial charge on any atom is -0.385 e. The molecule has 102 valence electrons. The van der Waals surface area contributed by atoms with E-state index in [-0.39, 0.29) is 5.92 Å². The van der Waals surface area contributed by atoms with Gasteiger partial charge in [-0.05, 0) is 32.5 Å². The van der Waals surface area contributed by atoms with Gasteiger partial charge in [0.1, 0.15) is 0 Å². The summed E-state index contributed by atoms with van der Waals surface area (Å²) in [4.78, 5) is 5.61. The second-order valence-electron chi connectivity index (χ2n) is 5.79. The first-order valence-corrected chi connectivity index (χ1v) is 6.91. The summed E-state index contributed by atoms with van der Waals surface area (Å²) < 4.78 is 0. The van der Waals surface area contributed by atoms with Crippen LogP contribution in [0.4, 0.5) is 5.69 Å². The summed E-state index contributed by atoms with van der Waals surface area (Å²) >= 11 is 0. The molecule has 0 radical (unpaired) electrons. The molecule has 19 heavy (non-hydrogen) atoms. The highest BCUT2D eigenvalue weighted by molar-refractivity contribution is 5.48. The van der Waals surface area contributed by atoms with E-state index in [1.165, 1.54) is 6.42 Å². The van der Waals surface area contributed by atoms with Gasteiger partial charge in [0.05, 0.1) is 12.2 Å². The zero-order chi connectivity index (χ0) is 13.9. The third-order valence-corrected chi connectivity index (χ3v) is 4.10. The Labute approximate surface area is 115 Å². The van der Waals surface area contributed by atoms with Crippen molar-refractivity contribution in [1.82, 2.24) is 4.90 Å². The molecule has 0 spiro atoms. The standard InChI is InChI=1S/C16H22N2O/c1-17-15-9-6-8-13(11-15)16(19)10-5-4-7-14(16)12-18(2)3/h6,8-9,11,14,19H,4-5,7,10,12H2,2-3H3. The van der Waals surface area contributed by atoms with Gasteiger partial charge in [0.2, 0.25) is 0 Å². The van der Waals surface area contributed by atoms with E-state index in [1.807, 2.05) is 32.3 Å². The summed E-state index contributed by atoms with van der Waals surface area (Å²) in [5, 5.41) is 11.1. The molecule has 1 aromatic rings. The Bertz CT molecular complexity index is 478. The molecule has 0 saturated heterocycles. The van der Waals surface area contributed by atoms with Crippen LogP contribution in [0.5, 0.6) is 0 Å². The predicted octanol–water partition coefficient (Wildman–Crippen LogP) is 3.18. The van der Waals surface area contributed by atoms with E-state index in [9.17, 15) is 5.11 Å². The van der Waals surface area contributed by atoms with Gasteiger partial charge in [0, 0.05) is 12.5 Å². The molecule has 1 N–H and O–H groups in total. The molecule has 3 nitrogen and oxygen atoms in total. The molecule has 3 heteroatoms. The Morgan fingerprint density at radius 2 is 2.21 bits per heavy atom. The minimum atomic E-state index is -0.775. The Morgan fingerprint density at radius 3 is 2.89 bits per heavy atom. The predicted molar refractivity (Wildman–Crippen MR) is 77.1 cm³/mol. The summed E-state index contributed by atoms with van der Waals surface area (Å²) in [6, 6.07) is 7.48. The van der Waals surface area contributed by atoms with Crippen LogP contribution in [0.15, 0.2) is 24.3 Å². The molecule has 1 fully saturated rings. The lowest BCUT2D eigenvalue weighted by Gasteiger charge is -2.42. The monoisotopic (exact) mass is 258 g/mol. The van der Waals surface area contributed by atoms with Gasteiger partial charge in [-0.3, -0.25) is 0 Å². The van der Waals surface area contributed by atoms with Crippen LogP contribution in [0.3, 0.4) is 0 Å². The molecule has 1 saturated carbocycles. The van der Waals surface area contributed by atoms with E-state index in [1.54, 1.807) is 6.07 Å². The Kier molecular flexibility index (Phi) is 4.24. The second-order valence-corrected chi connectivity index (χ2v) is 5.79. The molecule has 2 atom stereocenters. The first kappa shape index (κ1) is 14.0. The summed E-state index contributed by atoms with van der Waals surface area (Å²) in [7, 11) is 4.09.